The maximum atomic E-state index is 14.3. The van der Waals surface area contributed by atoms with Gasteiger partial charge in [0.25, 0.3) is 0 Å². The Bertz CT molecular complexity index is 1110. The summed E-state index contributed by atoms with van der Waals surface area (Å²) in [6.45, 7) is 0. The highest BCUT2D eigenvalue weighted by Crippen LogP contribution is 2.30. The van der Waals surface area contributed by atoms with E-state index in [1.165, 1.54) is 16.8 Å². The predicted molar refractivity (Wildman–Crippen MR) is 96.3 cm³/mol. The summed E-state index contributed by atoms with van der Waals surface area (Å²) in [7, 11) is 0. The molecule has 3 aromatic rings. The van der Waals surface area contributed by atoms with Crippen molar-refractivity contribution in [3.8, 4) is 11.3 Å². The van der Waals surface area contributed by atoms with Gasteiger partial charge in [-0.3, -0.25) is 0 Å². The lowest BCUT2D eigenvalue weighted by atomic mass is 9.98. The Morgan fingerprint density at radius 3 is 2.88 bits per heavy atom. The van der Waals surface area contributed by atoms with E-state index in [4.69, 9.17) is 0 Å². The highest BCUT2D eigenvalue weighted by molar-refractivity contribution is 5.94. The van der Waals surface area contributed by atoms with Crippen LogP contribution in [0.2, 0.25) is 0 Å². The first-order chi connectivity index (χ1) is 12.6. The van der Waals surface area contributed by atoms with Crippen molar-refractivity contribution in [1.29, 1.82) is 0 Å². The SMILES string of the molecule is O=C(O)c1cnn2c(-c3cccc(C4=C(F)C=CC=CC4)c3)ccnc12. The third-order valence-corrected chi connectivity index (χ3v) is 4.24. The summed E-state index contributed by atoms with van der Waals surface area (Å²) in [6, 6.07) is 9.20. The molecule has 26 heavy (non-hydrogen) atoms. The number of hydrogen-bond acceptors (Lipinski definition) is 3. The van der Waals surface area contributed by atoms with Crippen LogP contribution in [0.5, 0.6) is 0 Å². The number of halogens is 1. The highest BCUT2D eigenvalue weighted by Gasteiger charge is 2.16. The van der Waals surface area contributed by atoms with Crippen LogP contribution < -0.4 is 0 Å². The maximum Gasteiger partial charge on any atom is 0.341 e. The van der Waals surface area contributed by atoms with E-state index in [9.17, 15) is 14.3 Å². The van der Waals surface area contributed by atoms with Crippen LogP contribution in [0.4, 0.5) is 4.39 Å². The molecule has 0 radical (unpaired) electrons. The average Bonchev–Trinajstić information content (AvgIpc) is 2.97. The van der Waals surface area contributed by atoms with Gasteiger partial charge in [-0.05, 0) is 35.8 Å². The number of benzene rings is 1. The van der Waals surface area contributed by atoms with Gasteiger partial charge in [0, 0.05) is 11.8 Å². The molecule has 0 aliphatic heterocycles. The molecule has 0 fully saturated rings. The predicted octanol–water partition coefficient (Wildman–Crippen LogP) is 4.29. The van der Waals surface area contributed by atoms with E-state index >= 15 is 0 Å². The summed E-state index contributed by atoms with van der Waals surface area (Å²) in [5.74, 6) is -1.35. The summed E-state index contributed by atoms with van der Waals surface area (Å²) < 4.78 is 15.8. The molecular weight excluding hydrogens is 333 g/mol. The molecular formula is C20H14FN3O2. The van der Waals surface area contributed by atoms with Gasteiger partial charge in [0.05, 0.1) is 11.9 Å². The molecule has 128 valence electrons. The zero-order valence-corrected chi connectivity index (χ0v) is 13.6. The van der Waals surface area contributed by atoms with Crippen molar-refractivity contribution in [3.05, 3.63) is 84.0 Å². The van der Waals surface area contributed by atoms with Gasteiger partial charge in [-0.2, -0.15) is 5.10 Å². The Hall–Kier alpha value is -3.54. The first-order valence-corrected chi connectivity index (χ1v) is 8.04. The zero-order valence-electron chi connectivity index (χ0n) is 13.6. The molecule has 0 saturated heterocycles. The average molecular weight is 347 g/mol. The second-order valence-electron chi connectivity index (χ2n) is 5.83. The van der Waals surface area contributed by atoms with Gasteiger partial charge in [0.2, 0.25) is 0 Å². The molecule has 1 N–H and O–H groups in total. The van der Waals surface area contributed by atoms with E-state index in [1.807, 2.05) is 36.4 Å². The third-order valence-electron chi connectivity index (χ3n) is 4.24. The van der Waals surface area contributed by atoms with Crippen molar-refractivity contribution >= 4 is 17.2 Å². The van der Waals surface area contributed by atoms with Gasteiger partial charge in [-0.15, -0.1) is 0 Å². The number of aromatic carboxylic acids is 1. The van der Waals surface area contributed by atoms with E-state index in [1.54, 1.807) is 18.3 Å². The number of carbonyl (C=O) groups is 1. The maximum absolute atomic E-state index is 14.3. The Labute approximate surface area is 148 Å². The number of nitrogens with zero attached hydrogens (tertiary/aromatic N) is 3. The van der Waals surface area contributed by atoms with Crippen molar-refractivity contribution in [2.45, 2.75) is 6.42 Å². The summed E-state index contributed by atoms with van der Waals surface area (Å²) in [4.78, 5) is 15.4. The number of hydrogen-bond donors (Lipinski definition) is 1. The molecule has 2 heterocycles. The van der Waals surface area contributed by atoms with Gasteiger partial charge < -0.3 is 5.11 Å². The van der Waals surface area contributed by atoms with Crippen LogP contribution in [-0.4, -0.2) is 25.7 Å². The number of aromatic nitrogens is 3. The molecule has 2 aromatic heterocycles. The monoisotopic (exact) mass is 347 g/mol. The Morgan fingerprint density at radius 1 is 1.19 bits per heavy atom. The normalized spacial score (nSPS) is 14.0. The summed E-state index contributed by atoms with van der Waals surface area (Å²) >= 11 is 0. The molecule has 0 bridgehead atoms. The van der Waals surface area contributed by atoms with Gasteiger partial charge in [0.15, 0.2) is 5.65 Å². The molecule has 6 heteroatoms. The molecule has 4 rings (SSSR count). The standard InChI is InChI=1S/C20H14FN3O2/c21-17-8-3-1-2-7-15(17)13-5-4-6-14(11-13)18-9-10-22-19-16(20(25)26)12-23-24(18)19/h1-6,8-12H,7H2,(H,25,26). The van der Waals surface area contributed by atoms with Crippen molar-refractivity contribution in [3.63, 3.8) is 0 Å². The number of carboxylic acids is 1. The zero-order chi connectivity index (χ0) is 18.1. The van der Waals surface area contributed by atoms with Gasteiger partial charge >= 0.3 is 5.97 Å². The van der Waals surface area contributed by atoms with E-state index < -0.39 is 5.97 Å². The minimum Gasteiger partial charge on any atom is -0.477 e. The fourth-order valence-corrected chi connectivity index (χ4v) is 2.99. The van der Waals surface area contributed by atoms with Crippen molar-refractivity contribution < 1.29 is 14.3 Å². The third kappa shape index (κ3) is 2.71. The van der Waals surface area contributed by atoms with Crippen LogP contribution in [0.1, 0.15) is 22.3 Å². The van der Waals surface area contributed by atoms with Crippen molar-refractivity contribution in [2.24, 2.45) is 0 Å². The fraction of sp³-hybridized carbons (Fsp3) is 0.0500. The number of carboxylic acid groups (broad SMARTS) is 1. The second kappa shape index (κ2) is 6.40. The smallest absolute Gasteiger partial charge is 0.341 e. The minimum absolute atomic E-state index is 0.0378. The first kappa shape index (κ1) is 16.0. The largest absolute Gasteiger partial charge is 0.477 e. The lowest BCUT2D eigenvalue weighted by molar-refractivity contribution is 0.0698. The quantitative estimate of drug-likeness (QED) is 0.767. The number of allylic oxidation sites excluding steroid dienone is 6. The Balaban J connectivity index is 1.86. The molecule has 1 aromatic carbocycles. The molecule has 0 saturated carbocycles. The van der Waals surface area contributed by atoms with Crippen molar-refractivity contribution in [1.82, 2.24) is 14.6 Å². The Kier molecular flexibility index (Phi) is 3.93. The topological polar surface area (TPSA) is 67.5 Å². The highest BCUT2D eigenvalue weighted by atomic mass is 19.1. The summed E-state index contributed by atoms with van der Waals surface area (Å²) in [5, 5.41) is 13.4. The molecule has 0 unspecified atom stereocenters. The van der Waals surface area contributed by atoms with E-state index in [0.717, 1.165) is 11.1 Å². The van der Waals surface area contributed by atoms with E-state index in [0.29, 0.717) is 17.7 Å². The number of rotatable bonds is 3. The van der Waals surface area contributed by atoms with Crippen LogP contribution >= 0.6 is 0 Å². The van der Waals surface area contributed by atoms with Crippen LogP contribution in [-0.2, 0) is 0 Å². The van der Waals surface area contributed by atoms with E-state index in [-0.39, 0.29) is 17.0 Å². The second-order valence-corrected chi connectivity index (χ2v) is 5.83. The summed E-state index contributed by atoms with van der Waals surface area (Å²) in [5.41, 5.74) is 3.17. The molecule has 0 spiro atoms. The first-order valence-electron chi connectivity index (χ1n) is 8.04. The lowest BCUT2D eigenvalue weighted by Gasteiger charge is -2.10. The van der Waals surface area contributed by atoms with Crippen LogP contribution in [0.15, 0.2) is 72.9 Å². The summed E-state index contributed by atoms with van der Waals surface area (Å²) in [6.07, 6.45) is 10.2. The number of fused-ring (bicyclic) bond motifs is 1. The van der Waals surface area contributed by atoms with Gasteiger partial charge in [-0.1, -0.05) is 36.4 Å². The molecule has 1 aliphatic carbocycles. The Morgan fingerprint density at radius 2 is 2.04 bits per heavy atom. The molecule has 0 atom stereocenters. The molecule has 0 amide bonds. The molecule has 1 aliphatic rings. The van der Waals surface area contributed by atoms with Crippen LogP contribution in [0.3, 0.4) is 0 Å². The van der Waals surface area contributed by atoms with E-state index in [2.05, 4.69) is 10.1 Å². The lowest BCUT2D eigenvalue weighted by Crippen LogP contribution is -2.00. The van der Waals surface area contributed by atoms with Gasteiger partial charge in [-0.25, -0.2) is 18.7 Å². The van der Waals surface area contributed by atoms with Crippen LogP contribution in [0, 0.1) is 0 Å². The fourth-order valence-electron chi connectivity index (χ4n) is 2.99. The van der Waals surface area contributed by atoms with Crippen molar-refractivity contribution in [2.75, 3.05) is 0 Å². The van der Waals surface area contributed by atoms with Gasteiger partial charge in [0.1, 0.15) is 11.4 Å². The minimum atomic E-state index is -1.08. The molecule has 5 nitrogen and oxygen atoms in total. The van der Waals surface area contributed by atoms with Crippen LogP contribution in [0.25, 0.3) is 22.5 Å².